The molecule has 0 aliphatic rings. The van der Waals surface area contributed by atoms with Crippen LogP contribution in [0.5, 0.6) is 0 Å². The average molecular weight is 269 g/mol. The van der Waals surface area contributed by atoms with E-state index in [4.69, 9.17) is 5.11 Å². The monoisotopic (exact) mass is 269 g/mol. The first-order valence-electron chi connectivity index (χ1n) is 5.43. The first-order valence-corrected chi connectivity index (χ1v) is 8.23. The van der Waals surface area contributed by atoms with E-state index in [0.717, 1.165) is 17.9 Å². The van der Waals surface area contributed by atoms with Gasteiger partial charge in [-0.2, -0.15) is 11.8 Å². The van der Waals surface area contributed by atoms with Crippen molar-refractivity contribution in [3.63, 3.8) is 0 Å². The fourth-order valence-electron chi connectivity index (χ4n) is 1.16. The van der Waals surface area contributed by atoms with Gasteiger partial charge in [0.2, 0.25) is 10.0 Å². The van der Waals surface area contributed by atoms with Gasteiger partial charge in [0.15, 0.2) is 0 Å². The van der Waals surface area contributed by atoms with E-state index >= 15 is 0 Å². The summed E-state index contributed by atoms with van der Waals surface area (Å²) >= 11 is 1.65. The van der Waals surface area contributed by atoms with E-state index in [0.29, 0.717) is 6.54 Å². The molecule has 16 heavy (non-hydrogen) atoms. The van der Waals surface area contributed by atoms with E-state index < -0.39 is 10.0 Å². The van der Waals surface area contributed by atoms with E-state index in [2.05, 4.69) is 4.72 Å². The third-order valence-electron chi connectivity index (χ3n) is 1.64. The minimum atomic E-state index is -3.14. The lowest BCUT2D eigenvalue weighted by atomic mass is 10.0. The second-order valence-corrected chi connectivity index (χ2v) is 7.94. The molecule has 0 saturated carbocycles. The molecule has 0 spiro atoms. The van der Waals surface area contributed by atoms with E-state index in [1.807, 2.05) is 20.8 Å². The molecule has 0 rings (SSSR count). The Balaban J connectivity index is 3.68. The Kier molecular flexibility index (Phi) is 7.63. The Morgan fingerprint density at radius 3 is 2.38 bits per heavy atom. The molecule has 0 radical (unpaired) electrons. The zero-order chi connectivity index (χ0) is 12.7. The van der Waals surface area contributed by atoms with Gasteiger partial charge in [-0.15, -0.1) is 0 Å². The van der Waals surface area contributed by atoms with Gasteiger partial charge in [-0.1, -0.05) is 20.8 Å². The minimum absolute atomic E-state index is 0.154. The molecule has 0 amide bonds. The molecule has 0 atom stereocenters. The number of aliphatic hydroxyl groups is 1. The van der Waals surface area contributed by atoms with Crippen LogP contribution < -0.4 is 4.72 Å². The van der Waals surface area contributed by atoms with E-state index in [-0.39, 0.29) is 17.8 Å². The van der Waals surface area contributed by atoms with Crippen LogP contribution in [0.1, 0.15) is 27.2 Å². The molecular formula is C10H23NO3S2. The van der Waals surface area contributed by atoms with Gasteiger partial charge in [-0.25, -0.2) is 13.1 Å². The summed E-state index contributed by atoms with van der Waals surface area (Å²) in [4.78, 5) is 0. The van der Waals surface area contributed by atoms with Crippen LogP contribution in [0.3, 0.4) is 0 Å². The van der Waals surface area contributed by atoms with Gasteiger partial charge in [-0.3, -0.25) is 0 Å². The van der Waals surface area contributed by atoms with Gasteiger partial charge < -0.3 is 5.11 Å². The van der Waals surface area contributed by atoms with Crippen molar-refractivity contribution in [2.45, 2.75) is 27.2 Å². The van der Waals surface area contributed by atoms with Gasteiger partial charge in [0.1, 0.15) is 0 Å². The molecule has 0 aliphatic carbocycles. The number of hydrogen-bond donors (Lipinski definition) is 2. The molecule has 0 aliphatic heterocycles. The van der Waals surface area contributed by atoms with Crippen LogP contribution in [0.4, 0.5) is 0 Å². The van der Waals surface area contributed by atoms with E-state index in [9.17, 15) is 8.42 Å². The maximum Gasteiger partial charge on any atom is 0.212 e. The average Bonchev–Trinajstić information content (AvgIpc) is 2.06. The Morgan fingerprint density at radius 1 is 1.25 bits per heavy atom. The molecule has 0 saturated heterocycles. The van der Waals surface area contributed by atoms with Crippen LogP contribution in [0.25, 0.3) is 0 Å². The van der Waals surface area contributed by atoms with Crippen LogP contribution in [-0.4, -0.2) is 43.9 Å². The SMILES string of the molecule is CC(C)(C)CS(=O)(=O)NCCSCCCO. The normalized spacial score (nSPS) is 13.0. The van der Waals surface area contributed by atoms with Gasteiger partial charge in [0, 0.05) is 18.9 Å². The standard InChI is InChI=1S/C10H23NO3S2/c1-10(2,3)9-16(13,14)11-5-8-15-7-4-6-12/h11-12H,4-9H2,1-3H3. The van der Waals surface area contributed by atoms with Crippen LogP contribution in [0.2, 0.25) is 0 Å². The van der Waals surface area contributed by atoms with Gasteiger partial charge in [-0.05, 0) is 17.6 Å². The molecule has 0 heterocycles. The van der Waals surface area contributed by atoms with Crippen molar-refractivity contribution < 1.29 is 13.5 Å². The summed E-state index contributed by atoms with van der Waals surface area (Å²) in [5, 5.41) is 8.55. The quantitative estimate of drug-likeness (QED) is 0.647. The summed E-state index contributed by atoms with van der Waals surface area (Å²) in [5.74, 6) is 1.78. The Hall–Kier alpha value is 0.220. The lowest BCUT2D eigenvalue weighted by Crippen LogP contribution is -2.33. The zero-order valence-corrected chi connectivity index (χ0v) is 12.0. The molecule has 0 aromatic heterocycles. The number of thioether (sulfide) groups is 1. The molecule has 2 N–H and O–H groups in total. The second-order valence-electron chi connectivity index (χ2n) is 4.90. The topological polar surface area (TPSA) is 66.4 Å². The summed E-state index contributed by atoms with van der Waals surface area (Å²) in [6.45, 7) is 6.38. The highest BCUT2D eigenvalue weighted by Crippen LogP contribution is 2.15. The highest BCUT2D eigenvalue weighted by Gasteiger charge is 2.20. The lowest BCUT2D eigenvalue weighted by molar-refractivity contribution is 0.296. The van der Waals surface area contributed by atoms with Gasteiger partial charge >= 0.3 is 0 Å². The van der Waals surface area contributed by atoms with Crippen molar-refractivity contribution in [2.75, 3.05) is 30.4 Å². The summed E-state index contributed by atoms with van der Waals surface area (Å²) in [6.07, 6.45) is 0.763. The van der Waals surface area contributed by atoms with E-state index in [1.165, 1.54) is 0 Å². The first-order chi connectivity index (χ1) is 7.27. The second kappa shape index (κ2) is 7.53. The van der Waals surface area contributed by atoms with Gasteiger partial charge in [0.25, 0.3) is 0 Å². The van der Waals surface area contributed by atoms with Crippen molar-refractivity contribution >= 4 is 21.8 Å². The zero-order valence-electron chi connectivity index (χ0n) is 10.3. The Morgan fingerprint density at radius 2 is 1.88 bits per heavy atom. The van der Waals surface area contributed by atoms with Crippen molar-refractivity contribution in [1.29, 1.82) is 0 Å². The molecular weight excluding hydrogens is 246 g/mol. The molecule has 0 aromatic carbocycles. The number of rotatable bonds is 8. The number of hydrogen-bond acceptors (Lipinski definition) is 4. The number of nitrogens with one attached hydrogen (secondary N) is 1. The third kappa shape index (κ3) is 10.7. The van der Waals surface area contributed by atoms with Crippen LogP contribution in [0, 0.1) is 5.41 Å². The van der Waals surface area contributed by atoms with Crippen molar-refractivity contribution in [2.24, 2.45) is 5.41 Å². The number of aliphatic hydroxyl groups excluding tert-OH is 1. The largest absolute Gasteiger partial charge is 0.396 e. The van der Waals surface area contributed by atoms with Crippen molar-refractivity contribution in [3.8, 4) is 0 Å². The van der Waals surface area contributed by atoms with Crippen molar-refractivity contribution in [1.82, 2.24) is 4.72 Å². The summed E-state index contributed by atoms with van der Waals surface area (Å²) in [5.41, 5.74) is -0.212. The summed E-state index contributed by atoms with van der Waals surface area (Å²) in [7, 11) is -3.14. The lowest BCUT2D eigenvalue weighted by Gasteiger charge is -2.18. The molecule has 0 unspecified atom stereocenters. The fourth-order valence-corrected chi connectivity index (χ4v) is 3.73. The van der Waals surface area contributed by atoms with Crippen LogP contribution in [-0.2, 0) is 10.0 Å². The first kappa shape index (κ1) is 16.2. The summed E-state index contributed by atoms with van der Waals surface area (Å²) in [6, 6.07) is 0. The minimum Gasteiger partial charge on any atom is -0.396 e. The Labute approximate surface area is 103 Å². The van der Waals surface area contributed by atoms with Crippen LogP contribution >= 0.6 is 11.8 Å². The van der Waals surface area contributed by atoms with Gasteiger partial charge in [0.05, 0.1) is 5.75 Å². The molecule has 4 nitrogen and oxygen atoms in total. The molecule has 98 valence electrons. The highest BCUT2D eigenvalue weighted by atomic mass is 32.2. The maximum atomic E-state index is 11.6. The number of sulfonamides is 1. The molecule has 0 fully saturated rings. The molecule has 0 bridgehead atoms. The Bertz CT molecular complexity index is 270. The third-order valence-corrected chi connectivity index (χ3v) is 4.60. The van der Waals surface area contributed by atoms with Crippen LogP contribution in [0.15, 0.2) is 0 Å². The highest BCUT2D eigenvalue weighted by molar-refractivity contribution is 7.99. The fraction of sp³-hybridized carbons (Fsp3) is 1.00. The smallest absolute Gasteiger partial charge is 0.212 e. The summed E-state index contributed by atoms with van der Waals surface area (Å²) < 4.78 is 25.7. The van der Waals surface area contributed by atoms with E-state index in [1.54, 1.807) is 11.8 Å². The molecule has 6 heteroatoms. The molecule has 0 aromatic rings. The maximum absolute atomic E-state index is 11.6. The predicted molar refractivity (Wildman–Crippen MR) is 70.3 cm³/mol. The predicted octanol–water partition coefficient (Wildman–Crippen LogP) is 1.07. The van der Waals surface area contributed by atoms with Crippen molar-refractivity contribution in [3.05, 3.63) is 0 Å².